The van der Waals surface area contributed by atoms with Crippen molar-refractivity contribution in [1.29, 1.82) is 0 Å². The molecule has 0 spiro atoms. The van der Waals surface area contributed by atoms with Gasteiger partial charge in [-0.15, -0.1) is 0 Å². The second kappa shape index (κ2) is 6.32. The molecule has 4 heteroatoms. The minimum Gasteiger partial charge on any atom is -0.497 e. The highest BCUT2D eigenvalue weighted by Gasteiger charge is 2.06. The molecular weight excluding hydrogens is 312 g/mol. The second-order valence-corrected chi connectivity index (χ2v) is 5.90. The molecule has 0 fully saturated rings. The number of hydrogen-bond acceptors (Lipinski definition) is 3. The molecule has 0 unspecified atom stereocenters. The Morgan fingerprint density at radius 3 is 2.28 bits per heavy atom. The Morgan fingerprint density at radius 2 is 1.56 bits per heavy atom. The van der Waals surface area contributed by atoms with Crippen molar-refractivity contribution in [3.05, 3.63) is 78.6 Å². The lowest BCUT2D eigenvalue weighted by Gasteiger charge is -2.06. The lowest BCUT2D eigenvalue weighted by molar-refractivity contribution is 0.415. The fraction of sp³-hybridized carbons (Fsp3) is 0.0952. The van der Waals surface area contributed by atoms with Crippen molar-refractivity contribution in [2.45, 2.75) is 6.92 Å². The molecule has 0 saturated heterocycles. The lowest BCUT2D eigenvalue weighted by Crippen LogP contribution is -1.87. The molecular formula is C21H18N2O2. The zero-order valence-corrected chi connectivity index (χ0v) is 14.1. The van der Waals surface area contributed by atoms with Crippen LogP contribution in [-0.4, -0.2) is 16.5 Å². The number of rotatable bonds is 4. The van der Waals surface area contributed by atoms with E-state index >= 15 is 0 Å². The van der Waals surface area contributed by atoms with Crippen LogP contribution in [0.15, 0.2) is 73.1 Å². The molecule has 4 nitrogen and oxygen atoms in total. The standard InChI is InChI=1S/C21H18N2O2/c1-15-3-7-18(8-4-15)25-19-11-12-23-14-20(22-21(23)13-19)16-5-9-17(24-2)10-6-16/h3-14H,1-2H3. The van der Waals surface area contributed by atoms with E-state index in [9.17, 15) is 0 Å². The van der Waals surface area contributed by atoms with Crippen LogP contribution in [0.3, 0.4) is 0 Å². The summed E-state index contributed by atoms with van der Waals surface area (Å²) < 4.78 is 13.1. The molecule has 124 valence electrons. The number of aryl methyl sites for hydroxylation is 1. The van der Waals surface area contributed by atoms with Gasteiger partial charge in [-0.2, -0.15) is 0 Å². The number of ether oxygens (including phenoxy) is 2. The highest BCUT2D eigenvalue weighted by Crippen LogP contribution is 2.26. The molecule has 2 heterocycles. The first kappa shape index (κ1) is 15.3. The molecule has 25 heavy (non-hydrogen) atoms. The fourth-order valence-corrected chi connectivity index (χ4v) is 2.67. The van der Waals surface area contributed by atoms with Gasteiger partial charge in [0.05, 0.1) is 12.8 Å². The minimum atomic E-state index is 0.767. The number of hydrogen-bond donors (Lipinski definition) is 0. The smallest absolute Gasteiger partial charge is 0.141 e. The van der Waals surface area contributed by atoms with Gasteiger partial charge in [-0.3, -0.25) is 0 Å². The minimum absolute atomic E-state index is 0.767. The van der Waals surface area contributed by atoms with Gasteiger partial charge in [0.15, 0.2) is 0 Å². The molecule has 0 radical (unpaired) electrons. The highest BCUT2D eigenvalue weighted by atomic mass is 16.5. The van der Waals surface area contributed by atoms with Gasteiger partial charge < -0.3 is 13.9 Å². The zero-order valence-electron chi connectivity index (χ0n) is 14.1. The van der Waals surface area contributed by atoms with E-state index in [2.05, 4.69) is 6.92 Å². The Bertz CT molecular complexity index is 1000. The van der Waals surface area contributed by atoms with Gasteiger partial charge in [-0.05, 0) is 49.4 Å². The van der Waals surface area contributed by atoms with Crippen LogP contribution in [-0.2, 0) is 0 Å². The Balaban J connectivity index is 1.63. The van der Waals surface area contributed by atoms with Crippen molar-refractivity contribution in [2.24, 2.45) is 0 Å². The first-order valence-corrected chi connectivity index (χ1v) is 8.09. The van der Waals surface area contributed by atoms with Gasteiger partial charge in [-0.25, -0.2) is 4.98 Å². The maximum Gasteiger partial charge on any atom is 0.141 e. The highest BCUT2D eigenvalue weighted by molar-refractivity contribution is 5.64. The molecule has 0 bridgehead atoms. The summed E-state index contributed by atoms with van der Waals surface area (Å²) in [7, 11) is 1.66. The Morgan fingerprint density at radius 1 is 0.840 bits per heavy atom. The molecule has 4 aromatic rings. The molecule has 0 aliphatic carbocycles. The number of aromatic nitrogens is 2. The van der Waals surface area contributed by atoms with Crippen molar-refractivity contribution < 1.29 is 9.47 Å². The molecule has 0 atom stereocenters. The van der Waals surface area contributed by atoms with Gasteiger partial charge >= 0.3 is 0 Å². The van der Waals surface area contributed by atoms with E-state index in [4.69, 9.17) is 14.5 Å². The van der Waals surface area contributed by atoms with Crippen molar-refractivity contribution in [3.8, 4) is 28.5 Å². The first-order valence-electron chi connectivity index (χ1n) is 8.09. The van der Waals surface area contributed by atoms with Crippen LogP contribution in [0.2, 0.25) is 0 Å². The number of pyridine rings is 1. The fourth-order valence-electron chi connectivity index (χ4n) is 2.67. The van der Waals surface area contributed by atoms with Gasteiger partial charge in [0, 0.05) is 24.0 Å². The summed E-state index contributed by atoms with van der Waals surface area (Å²) in [5, 5.41) is 0. The molecule has 2 aromatic carbocycles. The van der Waals surface area contributed by atoms with E-state index in [1.165, 1.54) is 5.56 Å². The summed E-state index contributed by atoms with van der Waals surface area (Å²) in [6, 6.07) is 19.8. The van der Waals surface area contributed by atoms with Gasteiger partial charge in [0.25, 0.3) is 0 Å². The van der Waals surface area contributed by atoms with E-state index < -0.39 is 0 Å². The summed E-state index contributed by atoms with van der Waals surface area (Å²) in [4.78, 5) is 4.70. The molecule has 4 rings (SSSR count). The van der Waals surface area contributed by atoms with Crippen molar-refractivity contribution in [1.82, 2.24) is 9.38 Å². The lowest BCUT2D eigenvalue weighted by atomic mass is 10.2. The molecule has 0 N–H and O–H groups in total. The topological polar surface area (TPSA) is 35.8 Å². The maximum absolute atomic E-state index is 5.92. The van der Waals surface area contributed by atoms with Crippen LogP contribution >= 0.6 is 0 Å². The van der Waals surface area contributed by atoms with E-state index in [1.54, 1.807) is 7.11 Å². The normalized spacial score (nSPS) is 10.8. The van der Waals surface area contributed by atoms with E-state index in [0.29, 0.717) is 0 Å². The number of benzene rings is 2. The number of fused-ring (bicyclic) bond motifs is 1. The van der Waals surface area contributed by atoms with Crippen molar-refractivity contribution in [3.63, 3.8) is 0 Å². The van der Waals surface area contributed by atoms with E-state index in [1.807, 2.05) is 77.5 Å². The van der Waals surface area contributed by atoms with Crippen LogP contribution in [0.1, 0.15) is 5.56 Å². The number of methoxy groups -OCH3 is 1. The van der Waals surface area contributed by atoms with E-state index in [-0.39, 0.29) is 0 Å². The molecule has 0 amide bonds. The van der Waals surface area contributed by atoms with E-state index in [0.717, 1.165) is 34.2 Å². The van der Waals surface area contributed by atoms with Crippen molar-refractivity contribution >= 4 is 5.65 Å². The van der Waals surface area contributed by atoms with Crippen LogP contribution < -0.4 is 9.47 Å². The first-order chi connectivity index (χ1) is 12.2. The van der Waals surface area contributed by atoms with Crippen LogP contribution in [0, 0.1) is 6.92 Å². The Labute approximate surface area is 146 Å². The maximum atomic E-state index is 5.92. The summed E-state index contributed by atoms with van der Waals surface area (Å²) in [6.45, 7) is 2.06. The summed E-state index contributed by atoms with van der Waals surface area (Å²) in [6.07, 6.45) is 3.96. The number of nitrogens with zero attached hydrogens (tertiary/aromatic N) is 2. The van der Waals surface area contributed by atoms with Gasteiger partial charge in [-0.1, -0.05) is 17.7 Å². The zero-order chi connectivity index (χ0) is 17.2. The third-order valence-electron chi connectivity index (χ3n) is 4.07. The number of imidazole rings is 1. The Kier molecular flexibility index (Phi) is 3.86. The largest absolute Gasteiger partial charge is 0.497 e. The molecule has 2 aromatic heterocycles. The quantitative estimate of drug-likeness (QED) is 0.521. The monoisotopic (exact) mass is 330 g/mol. The predicted octanol–water partition coefficient (Wildman–Crippen LogP) is 5.11. The molecule has 0 aliphatic heterocycles. The van der Waals surface area contributed by atoms with Crippen LogP contribution in [0.25, 0.3) is 16.9 Å². The third-order valence-corrected chi connectivity index (χ3v) is 4.07. The summed E-state index contributed by atoms with van der Waals surface area (Å²) >= 11 is 0. The molecule has 0 saturated carbocycles. The summed E-state index contributed by atoms with van der Waals surface area (Å²) in [5.74, 6) is 2.42. The van der Waals surface area contributed by atoms with Gasteiger partial charge in [0.1, 0.15) is 22.9 Å². The SMILES string of the molecule is COc1ccc(-c2cn3ccc(Oc4ccc(C)cc4)cc3n2)cc1. The predicted molar refractivity (Wildman–Crippen MR) is 98.4 cm³/mol. The molecule has 0 aliphatic rings. The second-order valence-electron chi connectivity index (χ2n) is 5.90. The van der Waals surface area contributed by atoms with Crippen LogP contribution in [0.4, 0.5) is 0 Å². The Hall–Kier alpha value is -3.27. The van der Waals surface area contributed by atoms with Crippen molar-refractivity contribution in [2.75, 3.05) is 7.11 Å². The summed E-state index contributed by atoms with van der Waals surface area (Å²) in [5.41, 5.74) is 4.01. The third kappa shape index (κ3) is 3.19. The average molecular weight is 330 g/mol. The average Bonchev–Trinajstić information content (AvgIpc) is 3.07. The van der Waals surface area contributed by atoms with Gasteiger partial charge in [0.2, 0.25) is 0 Å². The van der Waals surface area contributed by atoms with Crippen LogP contribution in [0.5, 0.6) is 17.2 Å².